The molecule has 1 amide bonds. The molecule has 1 aliphatic rings. The quantitative estimate of drug-likeness (QED) is 0.748. The average molecular weight is 226 g/mol. The summed E-state index contributed by atoms with van der Waals surface area (Å²) in [5.74, 6) is 0.547. The molecule has 3 heteroatoms. The first-order valence-electron chi connectivity index (χ1n) is 6.61. The Balaban J connectivity index is 2.58. The molecule has 1 fully saturated rings. The van der Waals surface area contributed by atoms with Crippen molar-refractivity contribution in [2.45, 2.75) is 71.9 Å². The minimum atomic E-state index is 0.233. The van der Waals surface area contributed by atoms with Gasteiger partial charge in [-0.3, -0.25) is 9.80 Å². The Morgan fingerprint density at radius 2 is 1.69 bits per heavy atom. The molecule has 0 atom stereocenters. The third-order valence-corrected chi connectivity index (χ3v) is 3.11. The highest BCUT2D eigenvalue weighted by atomic mass is 16.2. The molecule has 1 rings (SSSR count). The van der Waals surface area contributed by atoms with Crippen molar-refractivity contribution in [2.24, 2.45) is 5.92 Å². The van der Waals surface area contributed by atoms with E-state index in [1.165, 1.54) is 19.3 Å². The van der Waals surface area contributed by atoms with Gasteiger partial charge in [-0.25, -0.2) is 5.43 Å². The summed E-state index contributed by atoms with van der Waals surface area (Å²) in [5, 5.41) is 1.83. The Bertz CT molecular complexity index is 220. The lowest BCUT2D eigenvalue weighted by Crippen LogP contribution is -2.52. The number of hydrazine groups is 1. The summed E-state index contributed by atoms with van der Waals surface area (Å²) in [7, 11) is 0. The summed E-state index contributed by atoms with van der Waals surface area (Å²) in [4.78, 5) is 12.3. The van der Waals surface area contributed by atoms with Crippen LogP contribution in [0.1, 0.15) is 59.8 Å². The van der Waals surface area contributed by atoms with E-state index in [1.54, 1.807) is 0 Å². The molecule has 3 nitrogen and oxygen atoms in total. The average Bonchev–Trinajstić information content (AvgIpc) is 2.25. The predicted octanol–water partition coefficient (Wildman–Crippen LogP) is 2.72. The Morgan fingerprint density at radius 1 is 1.12 bits per heavy atom. The molecule has 0 spiro atoms. The second-order valence-electron chi connectivity index (χ2n) is 5.42. The highest BCUT2D eigenvalue weighted by Gasteiger charge is 2.27. The highest BCUT2D eigenvalue weighted by molar-refractivity contribution is 5.78. The molecule has 0 radical (unpaired) electrons. The number of nitrogens with one attached hydrogen (secondary N) is 1. The second-order valence-corrected chi connectivity index (χ2v) is 5.42. The van der Waals surface area contributed by atoms with Crippen molar-refractivity contribution in [3.05, 3.63) is 0 Å². The lowest BCUT2D eigenvalue weighted by atomic mass is 9.88. The van der Waals surface area contributed by atoms with Gasteiger partial charge in [0, 0.05) is 18.0 Å². The van der Waals surface area contributed by atoms with Gasteiger partial charge in [-0.15, -0.1) is 0 Å². The van der Waals surface area contributed by atoms with Crippen LogP contribution in [0.15, 0.2) is 0 Å². The van der Waals surface area contributed by atoms with E-state index in [9.17, 15) is 4.79 Å². The van der Waals surface area contributed by atoms with Gasteiger partial charge in [0.15, 0.2) is 0 Å². The maximum absolute atomic E-state index is 12.3. The zero-order chi connectivity index (χ0) is 12.1. The number of nitrogens with zero attached hydrogens (tertiary/aromatic N) is 1. The van der Waals surface area contributed by atoms with E-state index in [0.29, 0.717) is 11.9 Å². The van der Waals surface area contributed by atoms with E-state index in [4.69, 9.17) is 0 Å². The van der Waals surface area contributed by atoms with Crippen LogP contribution in [0, 0.1) is 5.92 Å². The van der Waals surface area contributed by atoms with Gasteiger partial charge in [-0.2, -0.15) is 0 Å². The summed E-state index contributed by atoms with van der Waals surface area (Å²) < 4.78 is 0. The number of hydrogen-bond donors (Lipinski definition) is 1. The fourth-order valence-electron chi connectivity index (χ4n) is 2.29. The SMILES string of the molecule is CC(C)NN(C(=O)C1CCCCC1)C(C)C. The highest BCUT2D eigenvalue weighted by Crippen LogP contribution is 2.25. The molecule has 1 N–H and O–H groups in total. The fraction of sp³-hybridized carbons (Fsp3) is 0.923. The van der Waals surface area contributed by atoms with Crippen molar-refractivity contribution in [1.29, 1.82) is 0 Å². The first-order chi connectivity index (χ1) is 7.52. The maximum Gasteiger partial charge on any atom is 0.240 e. The number of rotatable bonds is 4. The van der Waals surface area contributed by atoms with E-state index < -0.39 is 0 Å². The number of carbonyl (C=O) groups is 1. The summed E-state index contributed by atoms with van der Waals surface area (Å²) in [6.07, 6.45) is 5.86. The van der Waals surface area contributed by atoms with Gasteiger partial charge in [0.05, 0.1) is 0 Å². The topological polar surface area (TPSA) is 32.3 Å². The molecule has 0 saturated heterocycles. The van der Waals surface area contributed by atoms with Crippen LogP contribution in [-0.2, 0) is 4.79 Å². The number of carbonyl (C=O) groups excluding carboxylic acids is 1. The molecular weight excluding hydrogens is 200 g/mol. The van der Waals surface area contributed by atoms with E-state index in [-0.39, 0.29) is 12.0 Å². The van der Waals surface area contributed by atoms with Crippen molar-refractivity contribution in [3.63, 3.8) is 0 Å². The zero-order valence-electron chi connectivity index (χ0n) is 11.1. The first-order valence-corrected chi connectivity index (χ1v) is 6.61. The van der Waals surface area contributed by atoms with Gasteiger partial charge in [0.25, 0.3) is 0 Å². The molecule has 0 heterocycles. The third-order valence-electron chi connectivity index (χ3n) is 3.11. The van der Waals surface area contributed by atoms with Gasteiger partial charge in [0.2, 0.25) is 5.91 Å². The van der Waals surface area contributed by atoms with Crippen LogP contribution in [0.5, 0.6) is 0 Å². The van der Waals surface area contributed by atoms with E-state index in [1.807, 2.05) is 5.01 Å². The summed E-state index contributed by atoms with van der Waals surface area (Å²) >= 11 is 0. The minimum absolute atomic E-state index is 0.233. The molecule has 94 valence electrons. The zero-order valence-corrected chi connectivity index (χ0v) is 11.1. The second kappa shape index (κ2) is 6.24. The molecule has 0 unspecified atom stereocenters. The normalized spacial score (nSPS) is 18.1. The Labute approximate surface area is 99.6 Å². The van der Waals surface area contributed by atoms with Crippen molar-refractivity contribution >= 4 is 5.91 Å². The van der Waals surface area contributed by atoms with Crippen LogP contribution in [0.25, 0.3) is 0 Å². The van der Waals surface area contributed by atoms with E-state index in [0.717, 1.165) is 12.8 Å². The van der Waals surface area contributed by atoms with Gasteiger partial charge < -0.3 is 0 Å². The van der Waals surface area contributed by atoms with Crippen LogP contribution in [0.2, 0.25) is 0 Å². The van der Waals surface area contributed by atoms with Crippen LogP contribution < -0.4 is 5.43 Å². The number of amides is 1. The van der Waals surface area contributed by atoms with Gasteiger partial charge in [-0.05, 0) is 40.5 Å². The monoisotopic (exact) mass is 226 g/mol. The molecule has 0 aromatic heterocycles. The molecule has 1 saturated carbocycles. The third kappa shape index (κ3) is 3.78. The number of hydrogen-bond acceptors (Lipinski definition) is 2. The molecule has 0 aliphatic heterocycles. The molecular formula is C13H26N2O. The lowest BCUT2D eigenvalue weighted by Gasteiger charge is -2.33. The maximum atomic E-state index is 12.3. The lowest BCUT2D eigenvalue weighted by molar-refractivity contribution is -0.142. The van der Waals surface area contributed by atoms with E-state index in [2.05, 4.69) is 33.1 Å². The van der Waals surface area contributed by atoms with Crippen molar-refractivity contribution in [3.8, 4) is 0 Å². The van der Waals surface area contributed by atoms with Gasteiger partial charge >= 0.3 is 0 Å². The molecule has 0 bridgehead atoms. The van der Waals surface area contributed by atoms with Crippen molar-refractivity contribution in [1.82, 2.24) is 10.4 Å². The summed E-state index contributed by atoms with van der Waals surface area (Å²) in [5.41, 5.74) is 3.26. The first kappa shape index (κ1) is 13.5. The van der Waals surface area contributed by atoms with Crippen molar-refractivity contribution < 1.29 is 4.79 Å². The van der Waals surface area contributed by atoms with E-state index >= 15 is 0 Å². The Hall–Kier alpha value is -0.570. The molecule has 0 aromatic carbocycles. The predicted molar refractivity (Wildman–Crippen MR) is 66.8 cm³/mol. The fourth-order valence-corrected chi connectivity index (χ4v) is 2.29. The van der Waals surface area contributed by atoms with Gasteiger partial charge in [-0.1, -0.05) is 19.3 Å². The van der Waals surface area contributed by atoms with Crippen LogP contribution in [0.3, 0.4) is 0 Å². The smallest absolute Gasteiger partial charge is 0.240 e. The van der Waals surface area contributed by atoms with Crippen LogP contribution in [0.4, 0.5) is 0 Å². The molecule has 0 aromatic rings. The van der Waals surface area contributed by atoms with Crippen LogP contribution in [-0.4, -0.2) is 23.0 Å². The van der Waals surface area contributed by atoms with Crippen LogP contribution >= 0.6 is 0 Å². The molecule has 16 heavy (non-hydrogen) atoms. The summed E-state index contributed by atoms with van der Waals surface area (Å²) in [6.45, 7) is 8.28. The Kier molecular flexibility index (Phi) is 5.26. The largest absolute Gasteiger partial charge is 0.275 e. The minimum Gasteiger partial charge on any atom is -0.275 e. The summed E-state index contributed by atoms with van der Waals surface area (Å²) in [6, 6.07) is 0.548. The molecule has 1 aliphatic carbocycles. The Morgan fingerprint density at radius 3 is 2.12 bits per heavy atom. The van der Waals surface area contributed by atoms with Crippen molar-refractivity contribution in [2.75, 3.05) is 0 Å². The standard InChI is InChI=1S/C13H26N2O/c1-10(2)14-15(11(3)4)13(16)12-8-6-5-7-9-12/h10-12,14H,5-9H2,1-4H3. The van der Waals surface area contributed by atoms with Gasteiger partial charge in [0.1, 0.15) is 0 Å².